The Labute approximate surface area is 199 Å². The number of thiocarbonyl (C=S) groups is 1. The summed E-state index contributed by atoms with van der Waals surface area (Å²) >= 11 is 7.46. The molecule has 0 aliphatic carbocycles. The van der Waals surface area contributed by atoms with Crippen LogP contribution in [0.5, 0.6) is 5.75 Å². The summed E-state index contributed by atoms with van der Waals surface area (Å²) in [5.74, 6) is -0.595. The van der Waals surface area contributed by atoms with Gasteiger partial charge in [-0.05, 0) is 65.8 Å². The van der Waals surface area contributed by atoms with E-state index in [4.69, 9.17) is 26.4 Å². The summed E-state index contributed by atoms with van der Waals surface area (Å²) in [6.07, 6.45) is 1.54. The molecule has 2 atom stereocenters. The first-order valence-electron chi connectivity index (χ1n) is 9.89. The van der Waals surface area contributed by atoms with Crippen molar-refractivity contribution in [2.45, 2.75) is 31.4 Å². The molecule has 0 radical (unpaired) electrons. The Bertz CT molecular complexity index is 861. The molecular formula is C20H24IN3O6S. The Morgan fingerprint density at radius 3 is 2.90 bits per heavy atom. The number of hydrogen-bond donors (Lipinski definition) is 2. The smallest absolute Gasteiger partial charge is 0.308 e. The number of nitrogens with zero attached hydrogens (tertiary/aromatic N) is 1. The van der Waals surface area contributed by atoms with Gasteiger partial charge in [0, 0.05) is 25.3 Å². The molecule has 0 aromatic heterocycles. The lowest BCUT2D eigenvalue weighted by Gasteiger charge is -2.36. The summed E-state index contributed by atoms with van der Waals surface area (Å²) in [7, 11) is 1.56. The highest BCUT2D eigenvalue weighted by molar-refractivity contribution is 14.1. The number of benzene rings is 1. The monoisotopic (exact) mass is 561 g/mol. The van der Waals surface area contributed by atoms with Crippen molar-refractivity contribution in [3.05, 3.63) is 27.3 Å². The van der Waals surface area contributed by atoms with Crippen LogP contribution in [-0.2, 0) is 19.1 Å². The first kappa shape index (κ1) is 23.7. The first-order valence-corrected chi connectivity index (χ1v) is 11.4. The minimum absolute atomic E-state index is 0.0857. The van der Waals surface area contributed by atoms with Gasteiger partial charge in [0.15, 0.2) is 5.11 Å². The van der Waals surface area contributed by atoms with Gasteiger partial charge >= 0.3 is 5.97 Å². The average molecular weight is 561 g/mol. The lowest BCUT2D eigenvalue weighted by Crippen LogP contribution is -2.60. The second-order valence-corrected chi connectivity index (χ2v) is 8.68. The largest absolute Gasteiger partial charge is 0.496 e. The molecular weight excluding hydrogens is 537 g/mol. The van der Waals surface area contributed by atoms with Gasteiger partial charge < -0.3 is 24.4 Å². The van der Waals surface area contributed by atoms with E-state index >= 15 is 0 Å². The van der Waals surface area contributed by atoms with E-state index in [0.29, 0.717) is 31.0 Å². The van der Waals surface area contributed by atoms with Crippen LogP contribution in [0.15, 0.2) is 18.2 Å². The van der Waals surface area contributed by atoms with Crippen molar-refractivity contribution in [2.24, 2.45) is 0 Å². The van der Waals surface area contributed by atoms with Gasteiger partial charge in [0.05, 0.1) is 23.2 Å². The number of halogens is 1. The molecule has 2 amide bonds. The fourth-order valence-corrected chi connectivity index (χ4v) is 4.43. The van der Waals surface area contributed by atoms with Gasteiger partial charge in [-0.15, -0.1) is 0 Å². The number of esters is 1. The van der Waals surface area contributed by atoms with Crippen LogP contribution in [0, 0.1) is 3.57 Å². The van der Waals surface area contributed by atoms with E-state index < -0.39 is 17.9 Å². The van der Waals surface area contributed by atoms with E-state index in [-0.39, 0.29) is 30.2 Å². The van der Waals surface area contributed by atoms with Crippen LogP contribution < -0.4 is 15.4 Å². The van der Waals surface area contributed by atoms with Crippen LogP contribution in [0.3, 0.4) is 0 Å². The van der Waals surface area contributed by atoms with Crippen molar-refractivity contribution in [2.75, 3.05) is 33.4 Å². The average Bonchev–Trinajstić information content (AvgIpc) is 3.27. The van der Waals surface area contributed by atoms with Crippen LogP contribution in [-0.4, -0.2) is 73.4 Å². The molecule has 0 saturated carbocycles. The second kappa shape index (κ2) is 11.0. The van der Waals surface area contributed by atoms with Crippen LogP contribution in [0.4, 0.5) is 0 Å². The standard InChI is InChI=1S/C20H24IN3O6S/c1-28-16-5-4-12(9-14(16)21)18(26)23-20(31)24-7-6-22-19(27)15(24)10-17(25)30-11-13-3-2-8-29-13/h4-5,9,13,15H,2-3,6-8,10-11H2,1H3,(H,22,27)(H,23,26,31). The van der Waals surface area contributed by atoms with Gasteiger partial charge in [-0.3, -0.25) is 19.7 Å². The Hall–Kier alpha value is -1.99. The van der Waals surface area contributed by atoms with E-state index in [1.807, 2.05) is 0 Å². The first-order chi connectivity index (χ1) is 14.9. The predicted octanol–water partition coefficient (Wildman–Crippen LogP) is 1.23. The Kier molecular flexibility index (Phi) is 8.43. The summed E-state index contributed by atoms with van der Waals surface area (Å²) in [4.78, 5) is 38.9. The number of carbonyl (C=O) groups excluding carboxylic acids is 3. The van der Waals surface area contributed by atoms with Crippen molar-refractivity contribution in [1.29, 1.82) is 0 Å². The van der Waals surface area contributed by atoms with E-state index in [1.165, 1.54) is 0 Å². The van der Waals surface area contributed by atoms with E-state index in [0.717, 1.165) is 16.4 Å². The lowest BCUT2D eigenvalue weighted by atomic mass is 10.1. The quantitative estimate of drug-likeness (QED) is 0.304. The number of nitrogens with one attached hydrogen (secondary N) is 2. The molecule has 1 aromatic carbocycles. The van der Waals surface area contributed by atoms with E-state index in [2.05, 4.69) is 33.2 Å². The van der Waals surface area contributed by atoms with Crippen molar-refractivity contribution in [3.63, 3.8) is 0 Å². The normalized spacial score (nSPS) is 20.7. The van der Waals surface area contributed by atoms with Gasteiger partial charge in [0.2, 0.25) is 5.91 Å². The zero-order chi connectivity index (χ0) is 22.4. The van der Waals surface area contributed by atoms with Gasteiger partial charge in [-0.2, -0.15) is 0 Å². The SMILES string of the molecule is COc1ccc(C(=O)NC(=S)N2CCNC(=O)C2CC(=O)OCC2CCCO2)cc1I. The maximum Gasteiger partial charge on any atom is 0.308 e. The molecule has 9 nitrogen and oxygen atoms in total. The lowest BCUT2D eigenvalue weighted by molar-refractivity contribution is -0.150. The van der Waals surface area contributed by atoms with Crippen molar-refractivity contribution >= 4 is 57.7 Å². The maximum absolute atomic E-state index is 12.6. The Balaban J connectivity index is 1.60. The van der Waals surface area contributed by atoms with E-state index in [1.54, 1.807) is 30.2 Å². The Morgan fingerprint density at radius 1 is 1.42 bits per heavy atom. The molecule has 2 saturated heterocycles. The molecule has 0 spiro atoms. The zero-order valence-electron chi connectivity index (χ0n) is 17.0. The highest BCUT2D eigenvalue weighted by atomic mass is 127. The molecule has 0 bridgehead atoms. The van der Waals surface area contributed by atoms with E-state index in [9.17, 15) is 14.4 Å². The molecule has 3 rings (SSSR count). The molecule has 2 fully saturated rings. The molecule has 2 heterocycles. The number of ether oxygens (including phenoxy) is 3. The van der Waals surface area contributed by atoms with Gasteiger partial charge in [0.1, 0.15) is 18.4 Å². The summed E-state index contributed by atoms with van der Waals surface area (Å²) < 4.78 is 16.7. The number of piperazine rings is 1. The highest BCUT2D eigenvalue weighted by Gasteiger charge is 2.34. The number of carbonyl (C=O) groups is 3. The number of amides is 2. The predicted molar refractivity (Wildman–Crippen MR) is 124 cm³/mol. The van der Waals surface area contributed by atoms with Gasteiger partial charge in [0.25, 0.3) is 5.91 Å². The van der Waals surface area contributed by atoms with Gasteiger partial charge in [-0.25, -0.2) is 0 Å². The third-order valence-corrected chi connectivity index (χ3v) is 6.22. The number of hydrogen-bond acceptors (Lipinski definition) is 7. The molecule has 168 valence electrons. The van der Waals surface area contributed by atoms with Gasteiger partial charge in [-0.1, -0.05) is 0 Å². The highest BCUT2D eigenvalue weighted by Crippen LogP contribution is 2.21. The Morgan fingerprint density at radius 2 is 2.23 bits per heavy atom. The minimum Gasteiger partial charge on any atom is -0.496 e. The third-order valence-electron chi connectivity index (χ3n) is 5.04. The number of methoxy groups -OCH3 is 1. The van der Waals surface area contributed by atoms with Crippen molar-refractivity contribution in [1.82, 2.24) is 15.5 Å². The van der Waals surface area contributed by atoms with Crippen molar-refractivity contribution in [3.8, 4) is 5.75 Å². The summed E-state index contributed by atoms with van der Waals surface area (Å²) in [6, 6.07) is 4.15. The molecule has 11 heteroatoms. The van der Waals surface area contributed by atoms with Crippen LogP contribution in [0.1, 0.15) is 29.6 Å². The molecule has 2 N–H and O–H groups in total. The third kappa shape index (κ3) is 6.26. The molecule has 2 aliphatic rings. The second-order valence-electron chi connectivity index (χ2n) is 7.13. The van der Waals surface area contributed by atoms with Crippen LogP contribution in [0.25, 0.3) is 0 Å². The van der Waals surface area contributed by atoms with Crippen LogP contribution >= 0.6 is 34.8 Å². The fourth-order valence-electron chi connectivity index (χ4n) is 3.39. The molecule has 2 unspecified atom stereocenters. The fraction of sp³-hybridized carbons (Fsp3) is 0.500. The molecule has 31 heavy (non-hydrogen) atoms. The summed E-state index contributed by atoms with van der Waals surface area (Å²) in [5.41, 5.74) is 0.404. The molecule has 1 aromatic rings. The topological polar surface area (TPSA) is 106 Å². The van der Waals surface area contributed by atoms with Crippen molar-refractivity contribution < 1.29 is 28.6 Å². The minimum atomic E-state index is -0.852. The summed E-state index contributed by atoms with van der Waals surface area (Å²) in [6.45, 7) is 1.57. The number of rotatable bonds is 6. The summed E-state index contributed by atoms with van der Waals surface area (Å²) in [5, 5.41) is 5.46. The molecule has 2 aliphatic heterocycles. The van der Waals surface area contributed by atoms with Crippen LogP contribution in [0.2, 0.25) is 0 Å². The zero-order valence-corrected chi connectivity index (χ0v) is 20.0. The maximum atomic E-state index is 12.6.